The van der Waals surface area contributed by atoms with Crippen LogP contribution in [0.25, 0.3) is 0 Å². The van der Waals surface area contributed by atoms with Gasteiger partial charge in [0.15, 0.2) is 12.4 Å². The first-order chi connectivity index (χ1) is 16.8. The summed E-state index contributed by atoms with van der Waals surface area (Å²) in [5, 5.41) is 0. The van der Waals surface area contributed by atoms with Crippen LogP contribution >= 0.6 is 0 Å². The summed E-state index contributed by atoms with van der Waals surface area (Å²) in [6.45, 7) is 3.56. The molecule has 35 heavy (non-hydrogen) atoms. The minimum Gasteiger partial charge on any atom is -0.459 e. The average Bonchev–Trinajstić information content (AvgIpc) is 3.42. The van der Waals surface area contributed by atoms with Crippen molar-refractivity contribution in [3.05, 3.63) is 53.5 Å². The number of carbonyl (C=O) groups excluding carboxylic acids is 3. The molecule has 11 nitrogen and oxygen atoms in total. The highest BCUT2D eigenvalue weighted by Crippen LogP contribution is 2.21. The number of hydrogen-bond acceptors (Lipinski definition) is 8. The standard InChI is InChI=1S/C23H27N3O8S/c1-17-4-5-18(35(30,31)26-10-13-32-14-11-26)15-19(17)23(29)34-16-21(27)24-6-8-25(9-7-24)22(28)20-3-2-12-33-20/h2-5,12,15H,6-11,13-14,16H2,1H3. The Balaban J connectivity index is 1.33. The number of ether oxygens (including phenoxy) is 2. The highest BCUT2D eigenvalue weighted by atomic mass is 32.2. The molecule has 2 saturated heterocycles. The van der Waals surface area contributed by atoms with Crippen LogP contribution in [0.3, 0.4) is 0 Å². The predicted octanol–water partition coefficient (Wildman–Crippen LogP) is 0.750. The van der Waals surface area contributed by atoms with Crippen LogP contribution in [0.4, 0.5) is 0 Å². The van der Waals surface area contributed by atoms with Crippen LogP contribution in [-0.4, -0.2) is 99.4 Å². The van der Waals surface area contributed by atoms with Crippen molar-refractivity contribution in [2.75, 3.05) is 59.1 Å². The lowest BCUT2D eigenvalue weighted by atomic mass is 10.1. The topological polar surface area (TPSA) is 127 Å². The number of aryl methyl sites for hydroxylation is 1. The molecule has 0 N–H and O–H groups in total. The Morgan fingerprint density at radius 2 is 1.66 bits per heavy atom. The minimum atomic E-state index is -3.78. The van der Waals surface area contributed by atoms with Gasteiger partial charge >= 0.3 is 5.97 Å². The van der Waals surface area contributed by atoms with E-state index in [-0.39, 0.29) is 35.2 Å². The van der Waals surface area contributed by atoms with Crippen molar-refractivity contribution < 1.29 is 36.7 Å². The lowest BCUT2D eigenvalue weighted by Crippen LogP contribution is -2.51. The van der Waals surface area contributed by atoms with Crippen molar-refractivity contribution in [3.63, 3.8) is 0 Å². The van der Waals surface area contributed by atoms with Gasteiger partial charge in [-0.1, -0.05) is 6.07 Å². The van der Waals surface area contributed by atoms with Gasteiger partial charge < -0.3 is 23.7 Å². The van der Waals surface area contributed by atoms with E-state index in [9.17, 15) is 22.8 Å². The van der Waals surface area contributed by atoms with Gasteiger partial charge in [-0.2, -0.15) is 4.31 Å². The molecule has 12 heteroatoms. The fourth-order valence-electron chi connectivity index (χ4n) is 3.93. The van der Waals surface area contributed by atoms with Crippen LogP contribution in [0.5, 0.6) is 0 Å². The fourth-order valence-corrected chi connectivity index (χ4v) is 5.36. The van der Waals surface area contributed by atoms with Gasteiger partial charge in [-0.05, 0) is 36.8 Å². The molecule has 0 spiro atoms. The van der Waals surface area contributed by atoms with Gasteiger partial charge in [-0.15, -0.1) is 0 Å². The van der Waals surface area contributed by atoms with Gasteiger partial charge in [0, 0.05) is 39.3 Å². The molecule has 0 atom stereocenters. The molecule has 2 fully saturated rings. The Kier molecular flexibility index (Phi) is 7.53. The number of morpholine rings is 1. The van der Waals surface area contributed by atoms with E-state index in [1.165, 1.54) is 27.6 Å². The maximum absolute atomic E-state index is 12.9. The number of hydrogen-bond donors (Lipinski definition) is 0. The summed E-state index contributed by atoms with van der Waals surface area (Å²) in [7, 11) is -3.78. The zero-order valence-electron chi connectivity index (χ0n) is 19.3. The Labute approximate surface area is 203 Å². The molecule has 2 aromatic rings. The lowest BCUT2D eigenvalue weighted by molar-refractivity contribution is -0.136. The molecule has 4 rings (SSSR count). The van der Waals surface area contributed by atoms with Crippen LogP contribution < -0.4 is 0 Å². The fraction of sp³-hybridized carbons (Fsp3) is 0.435. The lowest BCUT2D eigenvalue weighted by Gasteiger charge is -2.34. The molecular formula is C23H27N3O8S. The quantitative estimate of drug-likeness (QED) is 0.527. The number of furan rings is 1. The van der Waals surface area contributed by atoms with Gasteiger partial charge in [-0.3, -0.25) is 9.59 Å². The molecule has 0 unspecified atom stereocenters. The third-order valence-corrected chi connectivity index (χ3v) is 7.91. The predicted molar refractivity (Wildman–Crippen MR) is 122 cm³/mol. The van der Waals surface area contributed by atoms with Gasteiger partial charge in [0.2, 0.25) is 10.0 Å². The Morgan fingerprint density at radius 1 is 0.971 bits per heavy atom. The van der Waals surface area contributed by atoms with E-state index in [2.05, 4.69) is 0 Å². The van der Waals surface area contributed by atoms with E-state index < -0.39 is 28.5 Å². The van der Waals surface area contributed by atoms with Gasteiger partial charge in [0.1, 0.15) is 0 Å². The second kappa shape index (κ2) is 10.6. The highest BCUT2D eigenvalue weighted by molar-refractivity contribution is 7.89. The molecule has 0 aliphatic carbocycles. The van der Waals surface area contributed by atoms with E-state index >= 15 is 0 Å². The largest absolute Gasteiger partial charge is 0.459 e. The second-order valence-electron chi connectivity index (χ2n) is 8.22. The Hall–Kier alpha value is -3.22. The van der Waals surface area contributed by atoms with E-state index in [1.54, 1.807) is 30.0 Å². The smallest absolute Gasteiger partial charge is 0.338 e. The molecular weight excluding hydrogens is 478 g/mol. The number of benzene rings is 1. The molecule has 3 heterocycles. The zero-order valence-corrected chi connectivity index (χ0v) is 20.2. The second-order valence-corrected chi connectivity index (χ2v) is 10.2. The van der Waals surface area contributed by atoms with Crippen LogP contribution in [0.15, 0.2) is 45.9 Å². The summed E-state index contributed by atoms with van der Waals surface area (Å²) in [6.07, 6.45) is 1.43. The van der Waals surface area contributed by atoms with E-state index in [0.717, 1.165) is 0 Å². The zero-order chi connectivity index (χ0) is 25.0. The highest BCUT2D eigenvalue weighted by Gasteiger charge is 2.29. The summed E-state index contributed by atoms with van der Waals surface area (Å²) in [5.41, 5.74) is 0.620. The summed E-state index contributed by atoms with van der Waals surface area (Å²) in [4.78, 5) is 40.7. The maximum atomic E-state index is 12.9. The SMILES string of the molecule is Cc1ccc(S(=O)(=O)N2CCOCC2)cc1C(=O)OCC(=O)N1CCN(C(=O)c2ccco2)CC1. The van der Waals surface area contributed by atoms with Crippen molar-refractivity contribution in [2.45, 2.75) is 11.8 Å². The van der Waals surface area contributed by atoms with Gasteiger partial charge in [-0.25, -0.2) is 13.2 Å². The third kappa shape index (κ3) is 5.55. The molecule has 1 aromatic carbocycles. The first-order valence-corrected chi connectivity index (χ1v) is 12.7. The number of nitrogens with zero attached hydrogens (tertiary/aromatic N) is 3. The van der Waals surface area contributed by atoms with E-state index in [4.69, 9.17) is 13.9 Å². The first kappa shape index (κ1) is 24.9. The van der Waals surface area contributed by atoms with Crippen molar-refractivity contribution in [1.82, 2.24) is 14.1 Å². The molecule has 0 bridgehead atoms. The summed E-state index contributed by atoms with van der Waals surface area (Å²) < 4.78 is 42.7. The van der Waals surface area contributed by atoms with Crippen molar-refractivity contribution >= 4 is 27.8 Å². The van der Waals surface area contributed by atoms with Gasteiger partial charge in [0.25, 0.3) is 11.8 Å². The van der Waals surface area contributed by atoms with Crippen LogP contribution in [0, 0.1) is 6.92 Å². The molecule has 188 valence electrons. The number of sulfonamides is 1. The average molecular weight is 506 g/mol. The minimum absolute atomic E-state index is 0.0133. The number of rotatable bonds is 6. The molecule has 2 aliphatic heterocycles. The summed E-state index contributed by atoms with van der Waals surface area (Å²) in [6, 6.07) is 7.50. The molecule has 2 aliphatic rings. The number of carbonyl (C=O) groups is 3. The molecule has 2 amide bonds. The molecule has 0 radical (unpaired) electrons. The number of esters is 1. The van der Waals surface area contributed by atoms with E-state index in [0.29, 0.717) is 45.0 Å². The monoisotopic (exact) mass is 505 g/mol. The summed E-state index contributed by atoms with van der Waals surface area (Å²) >= 11 is 0. The molecule has 0 saturated carbocycles. The number of piperazine rings is 1. The maximum Gasteiger partial charge on any atom is 0.338 e. The first-order valence-electron chi connectivity index (χ1n) is 11.2. The van der Waals surface area contributed by atoms with Crippen LogP contribution in [0.2, 0.25) is 0 Å². The van der Waals surface area contributed by atoms with Crippen molar-refractivity contribution in [1.29, 1.82) is 0 Å². The Bertz CT molecular complexity index is 1180. The summed E-state index contributed by atoms with van der Waals surface area (Å²) in [5.74, 6) is -1.16. The van der Waals surface area contributed by atoms with Crippen molar-refractivity contribution in [3.8, 4) is 0 Å². The van der Waals surface area contributed by atoms with E-state index in [1.807, 2.05) is 0 Å². The van der Waals surface area contributed by atoms with Crippen molar-refractivity contribution in [2.24, 2.45) is 0 Å². The third-order valence-electron chi connectivity index (χ3n) is 6.02. The molecule has 1 aromatic heterocycles. The van der Waals surface area contributed by atoms with Crippen LogP contribution in [-0.2, 0) is 24.3 Å². The number of amides is 2. The van der Waals surface area contributed by atoms with Crippen LogP contribution in [0.1, 0.15) is 26.5 Å². The Morgan fingerprint density at radius 3 is 2.31 bits per heavy atom. The normalized spacial score (nSPS) is 17.3. The van der Waals surface area contributed by atoms with Gasteiger partial charge in [0.05, 0.1) is 29.9 Å².